The van der Waals surface area contributed by atoms with Crippen molar-refractivity contribution < 1.29 is 24.9 Å². The fraction of sp³-hybridized carbons (Fsp3) is 0.500. The van der Waals surface area contributed by atoms with Crippen molar-refractivity contribution >= 4 is 28.7 Å². The Balaban J connectivity index is 1.89. The summed E-state index contributed by atoms with van der Waals surface area (Å²) in [6, 6.07) is 0. The Kier molecular flexibility index (Phi) is 3.55. The minimum Gasteiger partial charge on any atom is -0.394 e. The number of fused-ring (bicyclic) bond motifs is 1. The molecule has 1 fully saturated rings. The first-order valence-corrected chi connectivity index (χ1v) is 6.34. The van der Waals surface area contributed by atoms with Crippen molar-refractivity contribution in [2.45, 2.75) is 24.6 Å². The number of nitrogens with zero attached hydrogens (tertiary/aromatic N) is 4. The van der Waals surface area contributed by atoms with E-state index < -0.39 is 31.2 Å². The molecule has 0 bridgehead atoms. The minimum absolute atomic E-state index is 0.0565. The third-order valence-electron chi connectivity index (χ3n) is 3.06. The monoisotopic (exact) mass is 317 g/mol. The Morgan fingerprint density at radius 3 is 2.81 bits per heavy atom. The lowest BCUT2D eigenvalue weighted by atomic mass is 10.1. The zero-order valence-corrected chi connectivity index (χ0v) is 11.3. The van der Waals surface area contributed by atoms with Crippen LogP contribution in [-0.4, -0.2) is 66.2 Å². The molecule has 5 N–H and O–H groups in total. The molecule has 0 saturated carbocycles. The highest BCUT2D eigenvalue weighted by Gasteiger charge is 2.44. The predicted octanol–water partition coefficient (Wildman–Crippen LogP) is -2.07. The van der Waals surface area contributed by atoms with Crippen LogP contribution in [-0.2, 0) is 4.74 Å². The van der Waals surface area contributed by atoms with Crippen molar-refractivity contribution in [3.05, 3.63) is 11.5 Å². The lowest BCUT2D eigenvalue weighted by molar-refractivity contribution is -0.169. The van der Waals surface area contributed by atoms with Gasteiger partial charge in [-0.15, -0.1) is 4.73 Å². The third-order valence-corrected chi connectivity index (χ3v) is 3.32. The number of imidazole rings is 1. The summed E-state index contributed by atoms with van der Waals surface area (Å²) < 4.78 is 6.29. The molecule has 0 aromatic carbocycles. The lowest BCUT2D eigenvalue weighted by Gasteiger charge is -2.16. The van der Waals surface area contributed by atoms with Gasteiger partial charge in [0.15, 0.2) is 5.15 Å². The molecule has 0 aliphatic carbocycles. The van der Waals surface area contributed by atoms with Crippen LogP contribution >= 0.6 is 11.6 Å². The Bertz CT molecular complexity index is 667. The molecule has 1 saturated heterocycles. The van der Waals surface area contributed by atoms with Crippen molar-refractivity contribution in [2.75, 3.05) is 12.3 Å². The van der Waals surface area contributed by atoms with Gasteiger partial charge in [0, 0.05) is 0 Å². The summed E-state index contributed by atoms with van der Waals surface area (Å²) in [5.74, 6) is -0.0704. The first-order valence-electron chi connectivity index (χ1n) is 5.97. The van der Waals surface area contributed by atoms with Gasteiger partial charge in [-0.3, -0.25) is 0 Å². The van der Waals surface area contributed by atoms with Gasteiger partial charge in [-0.2, -0.15) is 9.97 Å². The predicted molar refractivity (Wildman–Crippen MR) is 69.1 cm³/mol. The summed E-state index contributed by atoms with van der Waals surface area (Å²) in [5.41, 5.74) is 5.94. The SMILES string of the molecule is Nc1nc(Cl)c2ncn(O[C@H]3O[C@H](CO)[C@@H](O)[C@H]3O)c2n1. The first kappa shape index (κ1) is 14.2. The third kappa shape index (κ3) is 2.36. The van der Waals surface area contributed by atoms with E-state index in [2.05, 4.69) is 15.0 Å². The fourth-order valence-electron chi connectivity index (χ4n) is 2.00. The maximum absolute atomic E-state index is 9.81. The molecule has 1 aliphatic heterocycles. The van der Waals surface area contributed by atoms with Gasteiger partial charge in [-0.05, 0) is 0 Å². The summed E-state index contributed by atoms with van der Waals surface area (Å²) in [4.78, 5) is 17.0. The minimum atomic E-state index is -1.34. The van der Waals surface area contributed by atoms with Gasteiger partial charge in [-0.1, -0.05) is 11.6 Å². The molecule has 0 radical (unpaired) electrons. The fourth-order valence-corrected chi connectivity index (χ4v) is 2.22. The van der Waals surface area contributed by atoms with Crippen molar-refractivity contribution in [1.29, 1.82) is 0 Å². The van der Waals surface area contributed by atoms with Crippen molar-refractivity contribution in [2.24, 2.45) is 0 Å². The van der Waals surface area contributed by atoms with Gasteiger partial charge in [0.05, 0.1) is 6.61 Å². The Hall–Kier alpha value is -1.72. The summed E-state index contributed by atoms with van der Waals surface area (Å²) >= 11 is 5.87. The van der Waals surface area contributed by atoms with E-state index in [9.17, 15) is 10.2 Å². The Morgan fingerprint density at radius 1 is 1.38 bits per heavy atom. The molecule has 10 nitrogen and oxygen atoms in total. The van der Waals surface area contributed by atoms with E-state index in [1.54, 1.807) is 0 Å². The van der Waals surface area contributed by atoms with Gasteiger partial charge in [-0.25, -0.2) is 4.98 Å². The number of rotatable bonds is 3. The van der Waals surface area contributed by atoms with E-state index in [-0.39, 0.29) is 22.3 Å². The molecule has 3 heterocycles. The molecule has 2 aromatic rings. The van der Waals surface area contributed by atoms with E-state index >= 15 is 0 Å². The van der Waals surface area contributed by atoms with E-state index in [4.69, 9.17) is 32.0 Å². The molecule has 0 amide bonds. The molecule has 2 aromatic heterocycles. The van der Waals surface area contributed by atoms with Crippen LogP contribution in [0.1, 0.15) is 0 Å². The quantitative estimate of drug-likeness (QED) is 0.468. The second kappa shape index (κ2) is 5.24. The molecule has 114 valence electrons. The normalized spacial score (nSPS) is 29.1. The molecule has 0 unspecified atom stereocenters. The second-order valence-electron chi connectivity index (χ2n) is 4.43. The summed E-state index contributed by atoms with van der Waals surface area (Å²) in [5, 5.41) is 28.5. The van der Waals surface area contributed by atoms with Gasteiger partial charge < -0.3 is 30.6 Å². The van der Waals surface area contributed by atoms with E-state index in [1.807, 2.05) is 0 Å². The van der Waals surface area contributed by atoms with Gasteiger partial charge >= 0.3 is 0 Å². The number of hydrogen-bond acceptors (Lipinski definition) is 9. The largest absolute Gasteiger partial charge is 0.394 e. The van der Waals surface area contributed by atoms with Crippen molar-refractivity contribution in [3.8, 4) is 0 Å². The van der Waals surface area contributed by atoms with Crippen LogP contribution in [0.25, 0.3) is 11.2 Å². The Labute approximate surface area is 122 Å². The number of hydrogen-bond donors (Lipinski definition) is 4. The van der Waals surface area contributed by atoms with Crippen LogP contribution in [0.5, 0.6) is 0 Å². The molecule has 11 heteroatoms. The molecule has 1 aliphatic rings. The van der Waals surface area contributed by atoms with Gasteiger partial charge in [0.25, 0.3) is 6.29 Å². The maximum atomic E-state index is 9.81. The van der Waals surface area contributed by atoms with Crippen LogP contribution in [0, 0.1) is 0 Å². The highest BCUT2D eigenvalue weighted by Crippen LogP contribution is 2.23. The molecule has 3 rings (SSSR count). The average molecular weight is 318 g/mol. The van der Waals surface area contributed by atoms with Crippen LogP contribution in [0.2, 0.25) is 5.15 Å². The molecule has 21 heavy (non-hydrogen) atoms. The van der Waals surface area contributed by atoms with Crippen LogP contribution < -0.4 is 10.6 Å². The number of aromatic nitrogens is 4. The van der Waals surface area contributed by atoms with Crippen molar-refractivity contribution in [3.63, 3.8) is 0 Å². The second-order valence-corrected chi connectivity index (χ2v) is 4.79. The zero-order chi connectivity index (χ0) is 15.1. The highest BCUT2D eigenvalue weighted by molar-refractivity contribution is 6.33. The van der Waals surface area contributed by atoms with E-state index in [1.165, 1.54) is 6.33 Å². The Morgan fingerprint density at radius 2 is 2.14 bits per heavy atom. The number of ether oxygens (including phenoxy) is 1. The number of halogens is 1. The van der Waals surface area contributed by atoms with Crippen LogP contribution in [0.3, 0.4) is 0 Å². The number of nitrogens with two attached hydrogens (primary N) is 1. The maximum Gasteiger partial charge on any atom is 0.254 e. The van der Waals surface area contributed by atoms with E-state index in [0.717, 1.165) is 4.73 Å². The standard InChI is InChI=1S/C10H12ClN5O5/c11-7-4-8(15-10(12)14-7)16(2-13-4)21-9-6(19)5(18)3(1-17)20-9/h2-3,5-6,9,17-19H,1H2,(H2,12,14,15)/t3-,5-,6-,9-/m1/s1. The zero-order valence-electron chi connectivity index (χ0n) is 10.5. The molecule has 0 spiro atoms. The van der Waals surface area contributed by atoms with Gasteiger partial charge in [0.2, 0.25) is 11.6 Å². The number of aliphatic hydroxyl groups is 3. The molecule has 4 atom stereocenters. The summed E-state index contributed by atoms with van der Waals surface area (Å²) in [6.07, 6.45) is -3.50. The first-order chi connectivity index (χ1) is 10.0. The number of anilines is 1. The number of aliphatic hydroxyl groups excluding tert-OH is 3. The van der Waals surface area contributed by atoms with E-state index in [0.29, 0.717) is 0 Å². The van der Waals surface area contributed by atoms with Crippen LogP contribution in [0.4, 0.5) is 5.95 Å². The smallest absolute Gasteiger partial charge is 0.254 e. The lowest BCUT2D eigenvalue weighted by Crippen LogP contribution is -2.38. The summed E-state index contributed by atoms with van der Waals surface area (Å²) in [7, 11) is 0. The topological polar surface area (TPSA) is 149 Å². The highest BCUT2D eigenvalue weighted by atomic mass is 35.5. The van der Waals surface area contributed by atoms with Gasteiger partial charge in [0.1, 0.15) is 30.2 Å². The summed E-state index contributed by atoms with van der Waals surface area (Å²) in [6.45, 7) is -0.455. The average Bonchev–Trinajstić information content (AvgIpc) is 2.96. The molecular weight excluding hydrogens is 306 g/mol. The number of nitrogen functional groups attached to an aromatic ring is 1. The van der Waals surface area contributed by atoms with Crippen LogP contribution in [0.15, 0.2) is 6.33 Å². The van der Waals surface area contributed by atoms with Crippen molar-refractivity contribution in [1.82, 2.24) is 19.7 Å². The molecular formula is C10H12ClN5O5.